The summed E-state index contributed by atoms with van der Waals surface area (Å²) < 4.78 is 0. The van der Waals surface area contributed by atoms with E-state index in [4.69, 9.17) is 0 Å². The normalized spacial score (nSPS) is 25.1. The molecule has 0 spiro atoms. The molecule has 1 heterocycles. The molecular weight excluding hydrogens is 138 g/mol. The lowest BCUT2D eigenvalue weighted by Crippen LogP contribution is -2.50. The van der Waals surface area contributed by atoms with Gasteiger partial charge in [-0.3, -0.25) is 0 Å². The Bertz CT molecular complexity index is 131. The predicted molar refractivity (Wildman–Crippen MR) is 46.5 cm³/mol. The maximum Gasteiger partial charge on any atom is 0.0719 e. The Hall–Kier alpha value is -0.0800. The standard InChI is InChI=1S/C9H19NO/c1-8(2,3)9(11)4-6-10-7-5-9/h10-11H,4-7H2,1-3H3. The molecule has 0 radical (unpaired) electrons. The maximum absolute atomic E-state index is 10.2. The Kier molecular flexibility index (Phi) is 2.26. The monoisotopic (exact) mass is 157 g/mol. The fourth-order valence-electron chi connectivity index (χ4n) is 1.59. The molecule has 0 aliphatic carbocycles. The van der Waals surface area contributed by atoms with Crippen molar-refractivity contribution < 1.29 is 5.11 Å². The van der Waals surface area contributed by atoms with Crippen molar-refractivity contribution in [3.8, 4) is 0 Å². The molecule has 0 saturated carbocycles. The van der Waals surface area contributed by atoms with E-state index in [0.29, 0.717) is 0 Å². The highest BCUT2D eigenvalue weighted by Crippen LogP contribution is 2.36. The van der Waals surface area contributed by atoms with Gasteiger partial charge in [-0.15, -0.1) is 0 Å². The zero-order valence-corrected chi connectivity index (χ0v) is 7.78. The molecule has 0 aromatic carbocycles. The summed E-state index contributed by atoms with van der Waals surface area (Å²) in [5.41, 5.74) is -0.423. The van der Waals surface area contributed by atoms with Gasteiger partial charge < -0.3 is 10.4 Å². The molecule has 0 bridgehead atoms. The SMILES string of the molecule is CC(C)(C)C1(O)CCNCC1. The van der Waals surface area contributed by atoms with Crippen LogP contribution in [0.1, 0.15) is 33.6 Å². The Balaban J connectivity index is 2.64. The summed E-state index contributed by atoms with van der Waals surface area (Å²) in [4.78, 5) is 0. The first-order chi connectivity index (χ1) is 4.96. The van der Waals surface area contributed by atoms with E-state index in [1.807, 2.05) is 0 Å². The van der Waals surface area contributed by atoms with Crippen molar-refractivity contribution in [2.45, 2.75) is 39.2 Å². The van der Waals surface area contributed by atoms with Crippen LogP contribution in [0.2, 0.25) is 0 Å². The number of piperidine rings is 1. The minimum Gasteiger partial charge on any atom is -0.389 e. The summed E-state index contributed by atoms with van der Waals surface area (Å²) in [5.74, 6) is 0. The Labute approximate surface area is 69.0 Å². The number of rotatable bonds is 0. The van der Waals surface area contributed by atoms with E-state index in [0.717, 1.165) is 25.9 Å². The van der Waals surface area contributed by atoms with E-state index in [9.17, 15) is 5.11 Å². The Morgan fingerprint density at radius 2 is 1.64 bits per heavy atom. The van der Waals surface area contributed by atoms with E-state index >= 15 is 0 Å². The molecule has 0 amide bonds. The zero-order chi connectivity index (χ0) is 8.54. The number of hydrogen-bond donors (Lipinski definition) is 2. The molecular formula is C9H19NO. The van der Waals surface area contributed by atoms with Crippen LogP contribution >= 0.6 is 0 Å². The fourth-order valence-corrected chi connectivity index (χ4v) is 1.59. The van der Waals surface area contributed by atoms with Crippen LogP contribution in [0.25, 0.3) is 0 Å². The van der Waals surface area contributed by atoms with Crippen LogP contribution in [0, 0.1) is 5.41 Å². The third-order valence-electron chi connectivity index (χ3n) is 2.83. The van der Waals surface area contributed by atoms with Crippen LogP contribution in [-0.2, 0) is 0 Å². The molecule has 0 aromatic heterocycles. The van der Waals surface area contributed by atoms with Crippen LogP contribution < -0.4 is 5.32 Å². The van der Waals surface area contributed by atoms with Gasteiger partial charge >= 0.3 is 0 Å². The second kappa shape index (κ2) is 2.76. The van der Waals surface area contributed by atoms with Gasteiger partial charge in [0.2, 0.25) is 0 Å². The van der Waals surface area contributed by atoms with Crippen molar-refractivity contribution in [3.63, 3.8) is 0 Å². The lowest BCUT2D eigenvalue weighted by molar-refractivity contribution is -0.0793. The zero-order valence-electron chi connectivity index (χ0n) is 7.78. The highest BCUT2D eigenvalue weighted by atomic mass is 16.3. The molecule has 66 valence electrons. The van der Waals surface area contributed by atoms with Crippen molar-refractivity contribution >= 4 is 0 Å². The van der Waals surface area contributed by atoms with Crippen LogP contribution in [0.5, 0.6) is 0 Å². The van der Waals surface area contributed by atoms with Gasteiger partial charge in [-0.1, -0.05) is 20.8 Å². The van der Waals surface area contributed by atoms with Crippen molar-refractivity contribution in [1.29, 1.82) is 0 Å². The lowest BCUT2D eigenvalue weighted by Gasteiger charge is -2.43. The molecule has 0 atom stereocenters. The number of aliphatic hydroxyl groups is 1. The molecule has 1 saturated heterocycles. The van der Waals surface area contributed by atoms with Crippen LogP contribution in [0.3, 0.4) is 0 Å². The molecule has 1 aliphatic rings. The van der Waals surface area contributed by atoms with Crippen LogP contribution in [-0.4, -0.2) is 23.8 Å². The van der Waals surface area contributed by atoms with Crippen molar-refractivity contribution in [1.82, 2.24) is 5.32 Å². The Morgan fingerprint density at radius 3 is 1.91 bits per heavy atom. The highest BCUT2D eigenvalue weighted by Gasteiger charge is 2.40. The van der Waals surface area contributed by atoms with E-state index in [1.54, 1.807) is 0 Å². The van der Waals surface area contributed by atoms with Gasteiger partial charge in [-0.2, -0.15) is 0 Å². The molecule has 1 fully saturated rings. The van der Waals surface area contributed by atoms with Crippen LogP contribution in [0.4, 0.5) is 0 Å². The molecule has 2 N–H and O–H groups in total. The fraction of sp³-hybridized carbons (Fsp3) is 1.00. The van der Waals surface area contributed by atoms with Gasteiger partial charge in [0.1, 0.15) is 0 Å². The number of hydrogen-bond acceptors (Lipinski definition) is 2. The topological polar surface area (TPSA) is 32.3 Å². The Morgan fingerprint density at radius 1 is 1.18 bits per heavy atom. The second-order valence-electron chi connectivity index (χ2n) is 4.53. The quantitative estimate of drug-likeness (QED) is 0.553. The first-order valence-corrected chi connectivity index (χ1v) is 4.39. The van der Waals surface area contributed by atoms with Gasteiger partial charge in [0.25, 0.3) is 0 Å². The largest absolute Gasteiger partial charge is 0.389 e. The predicted octanol–water partition coefficient (Wildman–Crippen LogP) is 1.15. The molecule has 2 heteroatoms. The average molecular weight is 157 g/mol. The summed E-state index contributed by atoms with van der Waals surface area (Å²) in [6.45, 7) is 8.23. The van der Waals surface area contributed by atoms with E-state index < -0.39 is 5.60 Å². The minimum absolute atomic E-state index is 0.0229. The minimum atomic E-state index is -0.446. The molecule has 2 nitrogen and oxygen atoms in total. The van der Waals surface area contributed by atoms with Gasteiger partial charge in [0.15, 0.2) is 0 Å². The van der Waals surface area contributed by atoms with Crippen molar-refractivity contribution in [2.75, 3.05) is 13.1 Å². The van der Waals surface area contributed by atoms with E-state index in [2.05, 4.69) is 26.1 Å². The highest BCUT2D eigenvalue weighted by molar-refractivity contribution is 4.93. The summed E-state index contributed by atoms with van der Waals surface area (Å²) >= 11 is 0. The summed E-state index contributed by atoms with van der Waals surface area (Å²) in [6.07, 6.45) is 1.77. The van der Waals surface area contributed by atoms with E-state index in [1.165, 1.54) is 0 Å². The first kappa shape index (κ1) is 9.01. The van der Waals surface area contributed by atoms with Gasteiger partial charge in [-0.05, 0) is 31.3 Å². The smallest absolute Gasteiger partial charge is 0.0719 e. The third kappa shape index (κ3) is 1.74. The van der Waals surface area contributed by atoms with Gasteiger partial charge in [0.05, 0.1) is 5.60 Å². The molecule has 1 rings (SSSR count). The maximum atomic E-state index is 10.2. The third-order valence-corrected chi connectivity index (χ3v) is 2.83. The average Bonchev–Trinajstić information content (AvgIpc) is 1.87. The molecule has 0 aromatic rings. The second-order valence-corrected chi connectivity index (χ2v) is 4.53. The lowest BCUT2D eigenvalue weighted by atomic mass is 9.71. The van der Waals surface area contributed by atoms with Gasteiger partial charge in [0, 0.05) is 0 Å². The summed E-state index contributed by atoms with van der Waals surface area (Å²) in [5, 5.41) is 13.4. The van der Waals surface area contributed by atoms with E-state index in [-0.39, 0.29) is 5.41 Å². The summed E-state index contributed by atoms with van der Waals surface area (Å²) in [7, 11) is 0. The van der Waals surface area contributed by atoms with Crippen molar-refractivity contribution in [2.24, 2.45) is 5.41 Å². The first-order valence-electron chi connectivity index (χ1n) is 4.39. The molecule has 1 aliphatic heterocycles. The molecule has 11 heavy (non-hydrogen) atoms. The van der Waals surface area contributed by atoms with Crippen molar-refractivity contribution in [3.05, 3.63) is 0 Å². The summed E-state index contributed by atoms with van der Waals surface area (Å²) in [6, 6.07) is 0. The molecule has 0 unspecified atom stereocenters. The van der Waals surface area contributed by atoms with Crippen LogP contribution in [0.15, 0.2) is 0 Å². The number of nitrogens with one attached hydrogen (secondary N) is 1. The van der Waals surface area contributed by atoms with Gasteiger partial charge in [-0.25, -0.2) is 0 Å².